The van der Waals surface area contributed by atoms with Gasteiger partial charge in [0.1, 0.15) is 4.88 Å². The van der Waals surface area contributed by atoms with Gasteiger partial charge in [0, 0.05) is 6.54 Å². The van der Waals surface area contributed by atoms with E-state index in [1.807, 2.05) is 19.2 Å². The maximum Gasteiger partial charge on any atom is 0.262 e. The van der Waals surface area contributed by atoms with Crippen LogP contribution in [-0.4, -0.2) is 23.2 Å². The van der Waals surface area contributed by atoms with Crippen LogP contribution < -0.4 is 5.32 Å². The zero-order valence-electron chi connectivity index (χ0n) is 9.63. The van der Waals surface area contributed by atoms with Gasteiger partial charge in [-0.25, -0.2) is 0 Å². The Morgan fingerprint density at radius 1 is 1.69 bits per heavy atom. The molecule has 0 saturated carbocycles. The molecule has 0 aromatic carbocycles. The molecule has 0 aliphatic carbocycles. The predicted octanol–water partition coefficient (Wildman–Crippen LogP) is 2.60. The van der Waals surface area contributed by atoms with Gasteiger partial charge in [-0.3, -0.25) is 4.79 Å². The third-order valence-corrected chi connectivity index (χ3v) is 4.19. The molecule has 1 aromatic rings. The van der Waals surface area contributed by atoms with E-state index >= 15 is 0 Å². The summed E-state index contributed by atoms with van der Waals surface area (Å²) in [7, 11) is 0. The van der Waals surface area contributed by atoms with Crippen molar-refractivity contribution < 1.29 is 9.90 Å². The minimum atomic E-state index is -0.867. The van der Waals surface area contributed by atoms with E-state index in [1.165, 1.54) is 11.3 Å². The summed E-state index contributed by atoms with van der Waals surface area (Å²) in [4.78, 5) is 12.3. The molecule has 3 nitrogen and oxygen atoms in total. The zero-order valence-corrected chi connectivity index (χ0v) is 11.2. The zero-order chi connectivity index (χ0) is 12.3. The van der Waals surface area contributed by atoms with E-state index in [4.69, 9.17) is 11.6 Å². The Morgan fingerprint density at radius 3 is 2.75 bits per heavy atom. The van der Waals surface area contributed by atoms with Gasteiger partial charge in [0.25, 0.3) is 5.91 Å². The SMILES string of the molecule is CCC(C)(O)CNC(=O)c1scc(C)c1Cl. The molecule has 1 aromatic heterocycles. The third kappa shape index (κ3) is 3.20. The predicted molar refractivity (Wildman–Crippen MR) is 67.3 cm³/mol. The first-order chi connectivity index (χ1) is 7.37. The molecule has 1 amide bonds. The van der Waals surface area contributed by atoms with Crippen molar-refractivity contribution in [2.24, 2.45) is 0 Å². The van der Waals surface area contributed by atoms with E-state index < -0.39 is 5.60 Å². The Bertz CT molecular complexity index is 387. The summed E-state index contributed by atoms with van der Waals surface area (Å²) < 4.78 is 0. The molecule has 0 bridgehead atoms. The molecule has 1 heterocycles. The number of hydrogen-bond acceptors (Lipinski definition) is 3. The molecule has 0 fully saturated rings. The number of rotatable bonds is 4. The highest BCUT2D eigenvalue weighted by Crippen LogP contribution is 2.26. The number of amides is 1. The molecule has 1 unspecified atom stereocenters. The van der Waals surface area contributed by atoms with Crippen molar-refractivity contribution in [2.75, 3.05) is 6.54 Å². The fourth-order valence-corrected chi connectivity index (χ4v) is 2.25. The van der Waals surface area contributed by atoms with Gasteiger partial charge in [-0.1, -0.05) is 18.5 Å². The number of aryl methyl sites for hydroxylation is 1. The molecule has 2 N–H and O–H groups in total. The Morgan fingerprint density at radius 2 is 2.31 bits per heavy atom. The van der Waals surface area contributed by atoms with Crippen molar-refractivity contribution >= 4 is 28.8 Å². The Hall–Kier alpha value is -0.580. The minimum Gasteiger partial charge on any atom is -0.388 e. The van der Waals surface area contributed by atoms with E-state index in [1.54, 1.807) is 6.92 Å². The third-order valence-electron chi connectivity index (χ3n) is 2.50. The van der Waals surface area contributed by atoms with Crippen LogP contribution in [0.4, 0.5) is 0 Å². The van der Waals surface area contributed by atoms with Crippen LogP contribution in [-0.2, 0) is 0 Å². The maximum atomic E-state index is 11.7. The van der Waals surface area contributed by atoms with Crippen LogP contribution in [0.25, 0.3) is 0 Å². The Balaban J connectivity index is 2.64. The van der Waals surface area contributed by atoms with Crippen LogP contribution in [0.1, 0.15) is 35.5 Å². The van der Waals surface area contributed by atoms with Crippen LogP contribution >= 0.6 is 22.9 Å². The second-order valence-electron chi connectivity index (χ2n) is 4.09. The first-order valence-corrected chi connectivity index (χ1v) is 6.37. The van der Waals surface area contributed by atoms with E-state index in [2.05, 4.69) is 5.32 Å². The summed E-state index contributed by atoms with van der Waals surface area (Å²) in [5, 5.41) is 14.8. The molecule has 5 heteroatoms. The summed E-state index contributed by atoms with van der Waals surface area (Å²) in [5.41, 5.74) is 0.0353. The highest BCUT2D eigenvalue weighted by molar-refractivity contribution is 7.13. The highest BCUT2D eigenvalue weighted by atomic mass is 35.5. The largest absolute Gasteiger partial charge is 0.388 e. The first kappa shape index (κ1) is 13.5. The lowest BCUT2D eigenvalue weighted by Crippen LogP contribution is -2.39. The standard InChI is InChI=1S/C11H16ClNO2S/c1-4-11(3,15)6-13-10(14)9-8(12)7(2)5-16-9/h5,15H,4,6H2,1-3H3,(H,13,14). The van der Waals surface area contributed by atoms with Crippen molar-refractivity contribution in [3.8, 4) is 0 Å². The molecule has 0 radical (unpaired) electrons. The van der Waals surface area contributed by atoms with Gasteiger partial charge in [-0.15, -0.1) is 11.3 Å². The first-order valence-electron chi connectivity index (χ1n) is 5.11. The van der Waals surface area contributed by atoms with Gasteiger partial charge >= 0.3 is 0 Å². The molecule has 1 atom stereocenters. The molecule has 90 valence electrons. The van der Waals surface area contributed by atoms with Gasteiger partial charge in [0.05, 0.1) is 10.6 Å². The summed E-state index contributed by atoms with van der Waals surface area (Å²) in [6.45, 7) is 5.65. The van der Waals surface area contributed by atoms with Gasteiger partial charge in [-0.05, 0) is 31.2 Å². The van der Waals surface area contributed by atoms with Gasteiger partial charge in [0.15, 0.2) is 0 Å². The Kier molecular flexibility index (Phi) is 4.35. The summed E-state index contributed by atoms with van der Waals surface area (Å²) in [6, 6.07) is 0. The number of aliphatic hydroxyl groups is 1. The van der Waals surface area contributed by atoms with Gasteiger partial charge in [-0.2, -0.15) is 0 Å². The van der Waals surface area contributed by atoms with Crippen molar-refractivity contribution in [3.63, 3.8) is 0 Å². The van der Waals surface area contributed by atoms with Crippen LogP contribution in [0.15, 0.2) is 5.38 Å². The monoisotopic (exact) mass is 261 g/mol. The van der Waals surface area contributed by atoms with Crippen LogP contribution in [0, 0.1) is 6.92 Å². The number of hydrogen-bond donors (Lipinski definition) is 2. The molecule has 0 saturated heterocycles. The minimum absolute atomic E-state index is 0.225. The fraction of sp³-hybridized carbons (Fsp3) is 0.545. The number of thiophene rings is 1. The van der Waals surface area contributed by atoms with Crippen molar-refractivity contribution in [2.45, 2.75) is 32.8 Å². The van der Waals surface area contributed by atoms with Gasteiger partial charge < -0.3 is 10.4 Å². The summed E-state index contributed by atoms with van der Waals surface area (Å²) in [5.74, 6) is -0.225. The number of halogens is 1. The number of carbonyl (C=O) groups excluding carboxylic acids is 1. The van der Waals surface area contributed by atoms with E-state index in [0.717, 1.165) is 5.56 Å². The Labute approximate surface area is 104 Å². The van der Waals surface area contributed by atoms with E-state index in [-0.39, 0.29) is 12.5 Å². The van der Waals surface area contributed by atoms with Crippen LogP contribution in [0.3, 0.4) is 0 Å². The van der Waals surface area contributed by atoms with Gasteiger partial charge in [0.2, 0.25) is 0 Å². The summed E-state index contributed by atoms with van der Waals surface area (Å²) in [6.07, 6.45) is 0.588. The lowest BCUT2D eigenvalue weighted by Gasteiger charge is -2.21. The topological polar surface area (TPSA) is 49.3 Å². The molecule has 0 aliphatic rings. The average molecular weight is 262 g/mol. The van der Waals surface area contributed by atoms with Crippen LogP contribution in [0.2, 0.25) is 5.02 Å². The second-order valence-corrected chi connectivity index (χ2v) is 5.35. The number of carbonyl (C=O) groups is 1. The van der Waals surface area contributed by atoms with E-state index in [9.17, 15) is 9.90 Å². The molecule has 0 aliphatic heterocycles. The molecule has 1 rings (SSSR count). The van der Waals surface area contributed by atoms with E-state index in [0.29, 0.717) is 16.3 Å². The fourth-order valence-electron chi connectivity index (χ4n) is 1.06. The second kappa shape index (κ2) is 5.17. The van der Waals surface area contributed by atoms with Crippen molar-refractivity contribution in [1.29, 1.82) is 0 Å². The average Bonchev–Trinajstić information content (AvgIpc) is 2.57. The van der Waals surface area contributed by atoms with Crippen LogP contribution in [0.5, 0.6) is 0 Å². The quantitative estimate of drug-likeness (QED) is 0.875. The lowest BCUT2D eigenvalue weighted by atomic mass is 10.0. The molecule has 0 spiro atoms. The molecular weight excluding hydrogens is 246 g/mol. The summed E-state index contributed by atoms with van der Waals surface area (Å²) >= 11 is 7.29. The highest BCUT2D eigenvalue weighted by Gasteiger charge is 2.20. The van der Waals surface area contributed by atoms with Crippen molar-refractivity contribution in [1.82, 2.24) is 5.32 Å². The maximum absolute atomic E-state index is 11.7. The molecule has 16 heavy (non-hydrogen) atoms. The number of nitrogens with one attached hydrogen (secondary N) is 1. The smallest absolute Gasteiger partial charge is 0.262 e. The lowest BCUT2D eigenvalue weighted by molar-refractivity contribution is 0.0519. The molecular formula is C11H16ClNO2S. The van der Waals surface area contributed by atoms with Crippen molar-refractivity contribution in [3.05, 3.63) is 20.8 Å². The normalized spacial score (nSPS) is 14.6.